The van der Waals surface area contributed by atoms with Crippen molar-refractivity contribution in [3.05, 3.63) is 51.9 Å². The zero-order valence-electron chi connectivity index (χ0n) is 16.7. The van der Waals surface area contributed by atoms with E-state index in [1.165, 1.54) is 17.8 Å². The van der Waals surface area contributed by atoms with E-state index in [2.05, 4.69) is 22.2 Å². The second-order valence-electron chi connectivity index (χ2n) is 6.46. The number of carbonyl (C=O) groups excluding carboxylic acids is 2. The average molecular weight is 436 g/mol. The molecule has 0 bridgehead atoms. The Morgan fingerprint density at radius 1 is 1.24 bits per heavy atom. The molecule has 0 aliphatic carbocycles. The van der Waals surface area contributed by atoms with Crippen LogP contribution in [-0.4, -0.2) is 39.5 Å². The maximum atomic E-state index is 12.2. The number of hydrogen-bond donors (Lipinski definition) is 2. The maximum Gasteiger partial charge on any atom is 0.338 e. The summed E-state index contributed by atoms with van der Waals surface area (Å²) in [6.07, 6.45) is 0.873. The number of hydrogen-bond acceptors (Lipinski definition) is 7. The first kappa shape index (κ1) is 23.0. The fourth-order valence-electron chi connectivity index (χ4n) is 2.25. The smallest absolute Gasteiger partial charge is 0.338 e. The van der Waals surface area contributed by atoms with E-state index in [4.69, 9.17) is 4.74 Å². The van der Waals surface area contributed by atoms with E-state index < -0.39 is 5.97 Å². The molecule has 0 aliphatic heterocycles. The maximum absolute atomic E-state index is 12.2. The highest BCUT2D eigenvalue weighted by atomic mass is 32.2. The number of H-pyrrole nitrogens is 1. The number of esters is 1. The Hall–Kier alpha value is -2.26. The van der Waals surface area contributed by atoms with Crippen molar-refractivity contribution in [2.24, 2.45) is 0 Å². The zero-order chi connectivity index (χ0) is 21.2. The number of nitrogens with zero attached hydrogens (tertiary/aromatic N) is 1. The third-order valence-electron chi connectivity index (χ3n) is 3.46. The zero-order valence-corrected chi connectivity index (χ0v) is 18.3. The van der Waals surface area contributed by atoms with Gasteiger partial charge in [-0.2, -0.15) is 11.8 Å². The monoisotopic (exact) mass is 435 g/mol. The number of ether oxygens (including phenoxy) is 1. The van der Waals surface area contributed by atoms with Gasteiger partial charge in [0.05, 0.1) is 23.1 Å². The van der Waals surface area contributed by atoms with Gasteiger partial charge in [-0.05, 0) is 50.3 Å². The number of anilines is 1. The highest BCUT2D eigenvalue weighted by Crippen LogP contribution is 2.16. The van der Waals surface area contributed by atoms with Crippen LogP contribution >= 0.6 is 23.5 Å². The first-order valence-corrected chi connectivity index (χ1v) is 11.4. The molecule has 2 rings (SSSR count). The average Bonchev–Trinajstić information content (AvgIpc) is 2.66. The van der Waals surface area contributed by atoms with Gasteiger partial charge < -0.3 is 15.0 Å². The molecule has 29 heavy (non-hydrogen) atoms. The van der Waals surface area contributed by atoms with Gasteiger partial charge in [-0.3, -0.25) is 9.59 Å². The number of nitrogens with one attached hydrogen (secondary N) is 2. The minimum Gasteiger partial charge on any atom is -0.459 e. The summed E-state index contributed by atoms with van der Waals surface area (Å²) >= 11 is 2.89. The van der Waals surface area contributed by atoms with Gasteiger partial charge >= 0.3 is 5.97 Å². The summed E-state index contributed by atoms with van der Waals surface area (Å²) in [4.78, 5) is 42.8. The van der Waals surface area contributed by atoms with Gasteiger partial charge in [0.2, 0.25) is 5.91 Å². The van der Waals surface area contributed by atoms with Crippen LogP contribution in [0.3, 0.4) is 0 Å². The SMILES string of the molecule is CCCSCc1cc(=O)[nH]c(SCC(=O)Nc2ccc(C(=O)OC(C)C)cc2)n1. The highest BCUT2D eigenvalue weighted by Gasteiger charge is 2.10. The Bertz CT molecular complexity index is 882. The lowest BCUT2D eigenvalue weighted by Gasteiger charge is -2.09. The van der Waals surface area contributed by atoms with E-state index in [1.807, 2.05) is 0 Å². The predicted octanol–water partition coefficient (Wildman–Crippen LogP) is 3.71. The van der Waals surface area contributed by atoms with Crippen LogP contribution in [0.1, 0.15) is 43.2 Å². The lowest BCUT2D eigenvalue weighted by molar-refractivity contribution is -0.113. The first-order valence-electron chi connectivity index (χ1n) is 9.29. The van der Waals surface area contributed by atoms with Crippen molar-refractivity contribution in [3.63, 3.8) is 0 Å². The molecule has 156 valence electrons. The molecule has 9 heteroatoms. The Morgan fingerprint density at radius 2 is 1.97 bits per heavy atom. The minimum absolute atomic E-state index is 0.103. The van der Waals surface area contributed by atoms with Crippen LogP contribution in [0.4, 0.5) is 5.69 Å². The molecule has 1 aromatic carbocycles. The summed E-state index contributed by atoms with van der Waals surface area (Å²) in [6, 6.07) is 7.98. The van der Waals surface area contributed by atoms with Crippen molar-refractivity contribution in [1.29, 1.82) is 0 Å². The normalized spacial score (nSPS) is 10.8. The van der Waals surface area contributed by atoms with Crippen LogP contribution in [0.2, 0.25) is 0 Å². The molecule has 0 fully saturated rings. The summed E-state index contributed by atoms with van der Waals surface area (Å²) in [7, 11) is 0. The molecule has 0 spiro atoms. The van der Waals surface area contributed by atoms with Crippen molar-refractivity contribution >= 4 is 41.1 Å². The summed E-state index contributed by atoms with van der Waals surface area (Å²) in [5.41, 5.74) is 1.48. The van der Waals surface area contributed by atoms with E-state index in [-0.39, 0.29) is 23.3 Å². The van der Waals surface area contributed by atoms with Gasteiger partial charge in [-0.15, -0.1) is 0 Å². The molecule has 2 N–H and O–H groups in total. The molecule has 0 saturated heterocycles. The molecule has 0 atom stereocenters. The molecule has 0 unspecified atom stereocenters. The lowest BCUT2D eigenvalue weighted by Crippen LogP contribution is -2.16. The van der Waals surface area contributed by atoms with E-state index in [1.54, 1.807) is 49.9 Å². The van der Waals surface area contributed by atoms with Crippen LogP contribution in [0.5, 0.6) is 0 Å². The molecule has 0 aliphatic rings. The number of aromatic amines is 1. The third kappa shape index (κ3) is 8.33. The Balaban J connectivity index is 1.88. The largest absolute Gasteiger partial charge is 0.459 e. The highest BCUT2D eigenvalue weighted by molar-refractivity contribution is 7.99. The van der Waals surface area contributed by atoms with Crippen LogP contribution in [-0.2, 0) is 15.3 Å². The first-order chi connectivity index (χ1) is 13.9. The van der Waals surface area contributed by atoms with Crippen LogP contribution in [0.25, 0.3) is 0 Å². The quantitative estimate of drug-likeness (QED) is 0.254. The standard InChI is InChI=1S/C20H25N3O4S2/c1-4-9-28-11-16-10-17(24)23-20(22-16)29-12-18(25)21-15-7-5-14(6-8-15)19(26)27-13(2)3/h5-8,10,13H,4,9,11-12H2,1-3H3,(H,21,25)(H,22,23,24). The van der Waals surface area contributed by atoms with Crippen LogP contribution < -0.4 is 10.9 Å². The molecular formula is C20H25N3O4S2. The van der Waals surface area contributed by atoms with E-state index in [0.717, 1.165) is 12.2 Å². The van der Waals surface area contributed by atoms with Gasteiger partial charge in [0.15, 0.2) is 5.16 Å². The third-order valence-corrected chi connectivity index (χ3v) is 5.53. The summed E-state index contributed by atoms with van der Waals surface area (Å²) in [5.74, 6) is 1.14. The van der Waals surface area contributed by atoms with Crippen molar-refractivity contribution < 1.29 is 14.3 Å². The number of amides is 1. The van der Waals surface area contributed by atoms with Crippen molar-refractivity contribution in [2.75, 3.05) is 16.8 Å². The minimum atomic E-state index is -0.402. The van der Waals surface area contributed by atoms with Gasteiger partial charge in [0, 0.05) is 17.5 Å². The number of benzene rings is 1. The van der Waals surface area contributed by atoms with Crippen LogP contribution in [0.15, 0.2) is 40.3 Å². The van der Waals surface area contributed by atoms with E-state index in [9.17, 15) is 14.4 Å². The molecule has 1 heterocycles. The molecule has 7 nitrogen and oxygen atoms in total. The predicted molar refractivity (Wildman–Crippen MR) is 118 cm³/mol. The van der Waals surface area contributed by atoms with Crippen molar-refractivity contribution in [1.82, 2.24) is 9.97 Å². The molecular weight excluding hydrogens is 410 g/mol. The van der Waals surface area contributed by atoms with Crippen molar-refractivity contribution in [2.45, 2.75) is 44.2 Å². The van der Waals surface area contributed by atoms with Gasteiger partial charge in [-0.25, -0.2) is 9.78 Å². The second-order valence-corrected chi connectivity index (χ2v) is 8.53. The summed E-state index contributed by atoms with van der Waals surface area (Å²) in [6.45, 7) is 5.67. The molecule has 1 aromatic heterocycles. The Kier molecular flexibility index (Phi) is 9.27. The number of carbonyl (C=O) groups is 2. The number of thioether (sulfide) groups is 2. The topological polar surface area (TPSA) is 101 Å². The Morgan fingerprint density at radius 3 is 2.62 bits per heavy atom. The fraction of sp³-hybridized carbons (Fsp3) is 0.400. The van der Waals surface area contributed by atoms with Crippen molar-refractivity contribution in [3.8, 4) is 0 Å². The molecule has 0 radical (unpaired) electrons. The fourth-order valence-corrected chi connectivity index (χ4v) is 3.73. The van der Waals surface area contributed by atoms with Gasteiger partial charge in [0.1, 0.15) is 0 Å². The van der Waals surface area contributed by atoms with E-state index >= 15 is 0 Å². The van der Waals surface area contributed by atoms with Gasteiger partial charge in [-0.1, -0.05) is 18.7 Å². The molecule has 0 saturated carbocycles. The second kappa shape index (κ2) is 11.7. The summed E-state index contributed by atoms with van der Waals surface area (Å²) in [5, 5.41) is 3.18. The van der Waals surface area contributed by atoms with Gasteiger partial charge in [0.25, 0.3) is 5.56 Å². The van der Waals surface area contributed by atoms with E-state index in [0.29, 0.717) is 27.9 Å². The lowest BCUT2D eigenvalue weighted by atomic mass is 10.2. The number of aromatic nitrogens is 2. The molecule has 1 amide bonds. The Labute approximate surface area is 178 Å². The number of rotatable bonds is 10. The van der Waals surface area contributed by atoms with Crippen LogP contribution in [0, 0.1) is 0 Å². The summed E-state index contributed by atoms with van der Waals surface area (Å²) < 4.78 is 5.13. The molecule has 2 aromatic rings.